The van der Waals surface area contributed by atoms with E-state index in [1.165, 1.54) is 6.26 Å². The normalized spacial score (nSPS) is 22.1. The molecule has 1 unspecified atom stereocenters. The van der Waals surface area contributed by atoms with Crippen molar-refractivity contribution in [1.82, 2.24) is 4.90 Å². The van der Waals surface area contributed by atoms with Crippen LogP contribution in [0.2, 0.25) is 0 Å². The molecule has 1 fully saturated rings. The Hall–Kier alpha value is -2.04. The standard InChI is InChI=1S/C18H23NO4/c20-17(16-7-4-12-22-16)19-10-8-15(9-11-19)18(21)23-13-14-5-2-1-3-6-14/h1-2,4,7,12,14-15H,3,5-6,8-11,13H2. The SMILES string of the molecule is O=C(OCC1CC=CCC1)C1CCN(C(=O)c2ccco2)CC1. The van der Waals surface area contributed by atoms with Gasteiger partial charge in [0.25, 0.3) is 5.91 Å². The number of furan rings is 1. The number of esters is 1. The molecule has 3 rings (SSSR count). The van der Waals surface area contributed by atoms with Gasteiger partial charge in [0.1, 0.15) is 0 Å². The van der Waals surface area contributed by atoms with Gasteiger partial charge in [0, 0.05) is 13.1 Å². The summed E-state index contributed by atoms with van der Waals surface area (Å²) in [5.74, 6) is 0.524. The molecule has 0 N–H and O–H groups in total. The van der Waals surface area contributed by atoms with Gasteiger partial charge in [0.15, 0.2) is 5.76 Å². The number of carbonyl (C=O) groups is 2. The second kappa shape index (κ2) is 7.49. The van der Waals surface area contributed by atoms with Crippen LogP contribution in [-0.2, 0) is 9.53 Å². The summed E-state index contributed by atoms with van der Waals surface area (Å²) in [5, 5.41) is 0. The number of piperidine rings is 1. The van der Waals surface area contributed by atoms with Crippen LogP contribution in [0, 0.1) is 11.8 Å². The van der Waals surface area contributed by atoms with Gasteiger partial charge in [-0.3, -0.25) is 9.59 Å². The number of allylic oxidation sites excluding steroid dienone is 2. The Morgan fingerprint density at radius 3 is 2.70 bits per heavy atom. The van der Waals surface area contributed by atoms with Crippen molar-refractivity contribution in [3.63, 3.8) is 0 Å². The minimum Gasteiger partial charge on any atom is -0.465 e. The summed E-state index contributed by atoms with van der Waals surface area (Å²) in [6.45, 7) is 1.67. The lowest BCUT2D eigenvalue weighted by Crippen LogP contribution is -2.40. The number of nitrogens with zero attached hydrogens (tertiary/aromatic N) is 1. The number of hydrogen-bond acceptors (Lipinski definition) is 4. The highest BCUT2D eigenvalue weighted by molar-refractivity contribution is 5.91. The first-order chi connectivity index (χ1) is 11.2. The zero-order valence-corrected chi connectivity index (χ0v) is 13.3. The third kappa shape index (κ3) is 4.03. The summed E-state index contributed by atoms with van der Waals surface area (Å²) in [4.78, 5) is 26.1. The van der Waals surface area contributed by atoms with E-state index in [2.05, 4.69) is 12.2 Å². The number of carbonyl (C=O) groups excluding carboxylic acids is 2. The summed E-state index contributed by atoms with van der Waals surface area (Å²) in [5.41, 5.74) is 0. The van der Waals surface area contributed by atoms with Crippen molar-refractivity contribution in [3.05, 3.63) is 36.3 Å². The van der Waals surface area contributed by atoms with Crippen LogP contribution in [0.3, 0.4) is 0 Å². The number of amides is 1. The van der Waals surface area contributed by atoms with Crippen molar-refractivity contribution < 1.29 is 18.7 Å². The highest BCUT2D eigenvalue weighted by Crippen LogP contribution is 2.23. The molecule has 1 atom stereocenters. The van der Waals surface area contributed by atoms with E-state index in [9.17, 15) is 9.59 Å². The molecule has 0 radical (unpaired) electrons. The summed E-state index contributed by atoms with van der Waals surface area (Å²) in [7, 11) is 0. The van der Waals surface area contributed by atoms with Crippen LogP contribution in [0.25, 0.3) is 0 Å². The lowest BCUT2D eigenvalue weighted by atomic mass is 9.94. The van der Waals surface area contributed by atoms with E-state index in [1.807, 2.05) is 0 Å². The smallest absolute Gasteiger partial charge is 0.309 e. The van der Waals surface area contributed by atoms with E-state index in [0.29, 0.717) is 44.2 Å². The van der Waals surface area contributed by atoms with E-state index >= 15 is 0 Å². The van der Waals surface area contributed by atoms with E-state index in [1.54, 1.807) is 17.0 Å². The van der Waals surface area contributed by atoms with Gasteiger partial charge in [-0.2, -0.15) is 0 Å². The predicted octanol–water partition coefficient (Wildman–Crippen LogP) is 3.03. The van der Waals surface area contributed by atoms with Gasteiger partial charge in [-0.25, -0.2) is 0 Å². The highest BCUT2D eigenvalue weighted by Gasteiger charge is 2.30. The highest BCUT2D eigenvalue weighted by atomic mass is 16.5. The maximum absolute atomic E-state index is 12.2. The van der Waals surface area contributed by atoms with Crippen molar-refractivity contribution in [3.8, 4) is 0 Å². The first kappa shape index (κ1) is 15.8. The Bertz CT molecular complexity index is 556. The molecule has 1 amide bonds. The largest absolute Gasteiger partial charge is 0.465 e. The van der Waals surface area contributed by atoms with E-state index in [4.69, 9.17) is 9.15 Å². The second-order valence-corrected chi connectivity index (χ2v) is 6.32. The Kier molecular flexibility index (Phi) is 5.16. The molecule has 0 spiro atoms. The van der Waals surface area contributed by atoms with Gasteiger partial charge in [-0.05, 0) is 50.2 Å². The van der Waals surface area contributed by atoms with Gasteiger partial charge in [-0.1, -0.05) is 12.2 Å². The molecule has 124 valence electrons. The first-order valence-corrected chi connectivity index (χ1v) is 8.38. The van der Waals surface area contributed by atoms with Crippen molar-refractivity contribution in [2.75, 3.05) is 19.7 Å². The fraction of sp³-hybridized carbons (Fsp3) is 0.556. The zero-order valence-electron chi connectivity index (χ0n) is 13.3. The molecular formula is C18H23NO4. The molecule has 23 heavy (non-hydrogen) atoms. The third-order valence-electron chi connectivity index (χ3n) is 4.69. The molecule has 2 heterocycles. The molecule has 1 aliphatic carbocycles. The van der Waals surface area contributed by atoms with Crippen LogP contribution >= 0.6 is 0 Å². The average Bonchev–Trinajstić information content (AvgIpc) is 3.15. The minimum atomic E-state index is -0.107. The van der Waals surface area contributed by atoms with Crippen LogP contribution in [0.1, 0.15) is 42.7 Å². The van der Waals surface area contributed by atoms with Crippen molar-refractivity contribution in [2.24, 2.45) is 11.8 Å². The second-order valence-electron chi connectivity index (χ2n) is 6.32. The summed E-state index contributed by atoms with van der Waals surface area (Å²) < 4.78 is 10.6. The molecule has 1 aliphatic heterocycles. The zero-order chi connectivity index (χ0) is 16.1. The fourth-order valence-corrected chi connectivity index (χ4v) is 3.20. The molecule has 0 bridgehead atoms. The number of hydrogen-bond donors (Lipinski definition) is 0. The first-order valence-electron chi connectivity index (χ1n) is 8.38. The average molecular weight is 317 g/mol. The Morgan fingerprint density at radius 1 is 1.22 bits per heavy atom. The molecule has 2 aliphatic rings. The molecule has 5 nitrogen and oxygen atoms in total. The van der Waals surface area contributed by atoms with Gasteiger partial charge in [0.05, 0.1) is 18.8 Å². The van der Waals surface area contributed by atoms with Gasteiger partial charge in [-0.15, -0.1) is 0 Å². The number of rotatable bonds is 4. The van der Waals surface area contributed by atoms with E-state index < -0.39 is 0 Å². The number of ether oxygens (including phenoxy) is 1. The minimum absolute atomic E-state index is 0.0882. The fourth-order valence-electron chi connectivity index (χ4n) is 3.20. The van der Waals surface area contributed by atoms with Crippen molar-refractivity contribution in [1.29, 1.82) is 0 Å². The van der Waals surface area contributed by atoms with Crippen LogP contribution in [0.15, 0.2) is 35.0 Å². The molecule has 0 saturated carbocycles. The molecule has 0 aromatic carbocycles. The van der Waals surface area contributed by atoms with Crippen LogP contribution in [0.5, 0.6) is 0 Å². The molecule has 5 heteroatoms. The van der Waals surface area contributed by atoms with Gasteiger partial charge in [0.2, 0.25) is 0 Å². The van der Waals surface area contributed by atoms with E-state index in [0.717, 1.165) is 19.3 Å². The molecule has 1 aromatic heterocycles. The van der Waals surface area contributed by atoms with Crippen LogP contribution < -0.4 is 0 Å². The van der Waals surface area contributed by atoms with Gasteiger partial charge < -0.3 is 14.1 Å². The summed E-state index contributed by atoms with van der Waals surface area (Å²) in [6, 6.07) is 3.37. The third-order valence-corrected chi connectivity index (χ3v) is 4.69. The maximum atomic E-state index is 12.2. The Morgan fingerprint density at radius 2 is 2.04 bits per heavy atom. The Balaban J connectivity index is 1.42. The van der Waals surface area contributed by atoms with Crippen molar-refractivity contribution in [2.45, 2.75) is 32.1 Å². The van der Waals surface area contributed by atoms with Crippen molar-refractivity contribution >= 4 is 11.9 Å². The molecule has 1 aromatic rings. The lowest BCUT2D eigenvalue weighted by molar-refractivity contribution is -0.151. The summed E-state index contributed by atoms with van der Waals surface area (Å²) >= 11 is 0. The molecule has 1 saturated heterocycles. The topological polar surface area (TPSA) is 59.8 Å². The van der Waals surface area contributed by atoms with Gasteiger partial charge >= 0.3 is 5.97 Å². The number of likely N-dealkylation sites (tertiary alicyclic amines) is 1. The lowest BCUT2D eigenvalue weighted by Gasteiger charge is -2.30. The van der Waals surface area contributed by atoms with Crippen LogP contribution in [-0.4, -0.2) is 36.5 Å². The monoisotopic (exact) mass is 317 g/mol. The quantitative estimate of drug-likeness (QED) is 0.632. The predicted molar refractivity (Wildman–Crippen MR) is 84.8 cm³/mol. The van der Waals surface area contributed by atoms with E-state index in [-0.39, 0.29) is 17.8 Å². The summed E-state index contributed by atoms with van der Waals surface area (Å²) in [6.07, 6.45) is 10.4. The maximum Gasteiger partial charge on any atom is 0.309 e. The molecular weight excluding hydrogens is 294 g/mol. The Labute approximate surface area is 136 Å². The van der Waals surface area contributed by atoms with Crippen LogP contribution in [0.4, 0.5) is 0 Å².